The molecule has 90 valence electrons. The molecule has 0 atom stereocenters. The van der Waals surface area contributed by atoms with Crippen molar-refractivity contribution in [1.82, 2.24) is 9.80 Å². The van der Waals surface area contributed by atoms with Crippen molar-refractivity contribution in [3.05, 3.63) is 0 Å². The Morgan fingerprint density at radius 2 is 1.87 bits per heavy atom. The summed E-state index contributed by atoms with van der Waals surface area (Å²) in [6, 6.07) is 0. The molecular formula is C12H26N2O. The van der Waals surface area contributed by atoms with E-state index in [2.05, 4.69) is 23.8 Å². The van der Waals surface area contributed by atoms with Crippen LogP contribution in [0.2, 0.25) is 0 Å². The highest BCUT2D eigenvalue weighted by Gasteiger charge is 2.14. The zero-order valence-electron chi connectivity index (χ0n) is 10.4. The van der Waals surface area contributed by atoms with Gasteiger partial charge in [0.05, 0.1) is 6.67 Å². The van der Waals surface area contributed by atoms with Crippen LogP contribution in [0.25, 0.3) is 0 Å². The van der Waals surface area contributed by atoms with Gasteiger partial charge in [0.2, 0.25) is 0 Å². The molecule has 0 N–H and O–H groups in total. The Hall–Kier alpha value is -0.120. The van der Waals surface area contributed by atoms with Crippen LogP contribution in [0.15, 0.2) is 0 Å². The molecule has 0 amide bonds. The van der Waals surface area contributed by atoms with Crippen molar-refractivity contribution in [3.63, 3.8) is 0 Å². The lowest BCUT2D eigenvalue weighted by molar-refractivity contribution is 0.142. The van der Waals surface area contributed by atoms with Crippen molar-refractivity contribution in [2.45, 2.75) is 32.6 Å². The molecule has 0 aliphatic carbocycles. The molecule has 1 heterocycles. The number of ether oxygens (including phenoxy) is 1. The summed E-state index contributed by atoms with van der Waals surface area (Å²) in [5, 5.41) is 0. The van der Waals surface area contributed by atoms with Crippen LogP contribution in [0.4, 0.5) is 0 Å². The highest BCUT2D eigenvalue weighted by atomic mass is 16.5. The van der Waals surface area contributed by atoms with E-state index in [-0.39, 0.29) is 0 Å². The van der Waals surface area contributed by atoms with Crippen LogP contribution in [0.3, 0.4) is 0 Å². The van der Waals surface area contributed by atoms with Crippen LogP contribution < -0.4 is 0 Å². The third-order valence-corrected chi connectivity index (χ3v) is 2.96. The van der Waals surface area contributed by atoms with Gasteiger partial charge < -0.3 is 4.74 Å². The first kappa shape index (κ1) is 12.9. The van der Waals surface area contributed by atoms with Gasteiger partial charge in [0.1, 0.15) is 0 Å². The predicted molar refractivity (Wildman–Crippen MR) is 64.0 cm³/mol. The Labute approximate surface area is 94.4 Å². The fraction of sp³-hybridized carbons (Fsp3) is 1.00. The Bertz CT molecular complexity index is 153. The van der Waals surface area contributed by atoms with E-state index in [4.69, 9.17) is 4.74 Å². The molecule has 0 aromatic rings. The molecular weight excluding hydrogens is 188 g/mol. The standard InChI is InChI=1S/C12H26N2O/c1-3-15-11-7-5-4-6-8-14-10-9-13(2)12-14/h3-12H2,1-2H3. The monoisotopic (exact) mass is 214 g/mol. The van der Waals surface area contributed by atoms with Crippen LogP contribution in [0.1, 0.15) is 32.6 Å². The molecule has 1 rings (SSSR count). The number of hydrogen-bond donors (Lipinski definition) is 0. The molecule has 0 saturated carbocycles. The Kier molecular flexibility index (Phi) is 6.98. The average Bonchev–Trinajstić information content (AvgIpc) is 2.63. The summed E-state index contributed by atoms with van der Waals surface area (Å²) in [6.45, 7) is 8.81. The molecule has 0 aromatic carbocycles. The maximum absolute atomic E-state index is 5.31. The summed E-state index contributed by atoms with van der Waals surface area (Å²) in [5.74, 6) is 0. The van der Waals surface area contributed by atoms with Gasteiger partial charge in [-0.3, -0.25) is 9.80 Å². The molecule has 3 heteroatoms. The second-order valence-electron chi connectivity index (χ2n) is 4.45. The van der Waals surface area contributed by atoms with Gasteiger partial charge in [0.15, 0.2) is 0 Å². The maximum Gasteiger partial charge on any atom is 0.0504 e. The van der Waals surface area contributed by atoms with Crippen molar-refractivity contribution in [3.8, 4) is 0 Å². The SMILES string of the molecule is CCOCCCCCCN1CCN(C)C1. The van der Waals surface area contributed by atoms with Crippen LogP contribution in [-0.4, -0.2) is 56.4 Å². The van der Waals surface area contributed by atoms with Crippen molar-refractivity contribution in [1.29, 1.82) is 0 Å². The number of likely N-dealkylation sites (N-methyl/N-ethyl adjacent to an activating group) is 1. The van der Waals surface area contributed by atoms with Crippen LogP contribution in [-0.2, 0) is 4.74 Å². The zero-order chi connectivity index (χ0) is 10.9. The third kappa shape index (κ3) is 6.13. The smallest absolute Gasteiger partial charge is 0.0504 e. The van der Waals surface area contributed by atoms with Crippen LogP contribution in [0.5, 0.6) is 0 Å². The van der Waals surface area contributed by atoms with Crippen molar-refractivity contribution in [2.24, 2.45) is 0 Å². The van der Waals surface area contributed by atoms with E-state index < -0.39 is 0 Å². The molecule has 0 unspecified atom stereocenters. The van der Waals surface area contributed by atoms with Crippen molar-refractivity contribution >= 4 is 0 Å². The summed E-state index contributed by atoms with van der Waals surface area (Å²) >= 11 is 0. The first-order valence-electron chi connectivity index (χ1n) is 6.31. The van der Waals surface area contributed by atoms with Gasteiger partial charge in [-0.15, -0.1) is 0 Å². The van der Waals surface area contributed by atoms with Crippen LogP contribution >= 0.6 is 0 Å². The van der Waals surface area contributed by atoms with Gasteiger partial charge in [-0.1, -0.05) is 12.8 Å². The molecule has 3 nitrogen and oxygen atoms in total. The molecule has 1 aliphatic rings. The molecule has 0 radical (unpaired) electrons. The largest absolute Gasteiger partial charge is 0.382 e. The van der Waals surface area contributed by atoms with Gasteiger partial charge in [-0.25, -0.2) is 0 Å². The molecule has 1 fully saturated rings. The normalized spacial score (nSPS) is 18.8. The van der Waals surface area contributed by atoms with Crippen LogP contribution in [0, 0.1) is 0 Å². The lowest BCUT2D eigenvalue weighted by atomic mass is 10.2. The number of unbranched alkanes of at least 4 members (excludes halogenated alkanes) is 3. The first-order valence-corrected chi connectivity index (χ1v) is 6.31. The molecule has 0 spiro atoms. The summed E-state index contributed by atoms with van der Waals surface area (Å²) in [7, 11) is 2.20. The molecule has 15 heavy (non-hydrogen) atoms. The molecule has 0 bridgehead atoms. The quantitative estimate of drug-likeness (QED) is 0.573. The van der Waals surface area contributed by atoms with Gasteiger partial charge >= 0.3 is 0 Å². The summed E-state index contributed by atoms with van der Waals surface area (Å²) < 4.78 is 5.31. The minimum absolute atomic E-state index is 0.861. The minimum Gasteiger partial charge on any atom is -0.382 e. The predicted octanol–water partition coefficient (Wildman–Crippen LogP) is 1.79. The first-order chi connectivity index (χ1) is 7.33. The highest BCUT2D eigenvalue weighted by Crippen LogP contribution is 2.06. The zero-order valence-corrected chi connectivity index (χ0v) is 10.4. The van der Waals surface area contributed by atoms with E-state index in [1.165, 1.54) is 52.0 Å². The number of hydrogen-bond acceptors (Lipinski definition) is 3. The fourth-order valence-electron chi connectivity index (χ4n) is 2.01. The Morgan fingerprint density at radius 3 is 2.53 bits per heavy atom. The summed E-state index contributed by atoms with van der Waals surface area (Å²) in [5.41, 5.74) is 0. The molecule has 1 aliphatic heterocycles. The molecule has 0 aromatic heterocycles. The van der Waals surface area contributed by atoms with E-state index in [0.717, 1.165) is 13.2 Å². The number of nitrogens with zero attached hydrogens (tertiary/aromatic N) is 2. The third-order valence-electron chi connectivity index (χ3n) is 2.96. The second kappa shape index (κ2) is 8.08. The second-order valence-corrected chi connectivity index (χ2v) is 4.45. The van der Waals surface area contributed by atoms with E-state index >= 15 is 0 Å². The van der Waals surface area contributed by atoms with Gasteiger partial charge in [0.25, 0.3) is 0 Å². The molecule has 1 saturated heterocycles. The Balaban J connectivity index is 1.81. The van der Waals surface area contributed by atoms with E-state index in [9.17, 15) is 0 Å². The lowest BCUT2D eigenvalue weighted by Crippen LogP contribution is -2.24. The summed E-state index contributed by atoms with van der Waals surface area (Å²) in [4.78, 5) is 4.93. The Morgan fingerprint density at radius 1 is 1.07 bits per heavy atom. The maximum atomic E-state index is 5.31. The lowest BCUT2D eigenvalue weighted by Gasteiger charge is -2.14. The van der Waals surface area contributed by atoms with Gasteiger partial charge in [-0.2, -0.15) is 0 Å². The fourth-order valence-corrected chi connectivity index (χ4v) is 2.01. The summed E-state index contributed by atoms with van der Waals surface area (Å²) in [6.07, 6.45) is 5.25. The number of rotatable bonds is 8. The van der Waals surface area contributed by atoms with Gasteiger partial charge in [-0.05, 0) is 33.4 Å². The highest BCUT2D eigenvalue weighted by molar-refractivity contribution is 4.67. The van der Waals surface area contributed by atoms with E-state index in [0.29, 0.717) is 0 Å². The minimum atomic E-state index is 0.861. The van der Waals surface area contributed by atoms with Gasteiger partial charge in [0, 0.05) is 26.3 Å². The van der Waals surface area contributed by atoms with E-state index in [1.807, 2.05) is 0 Å². The average molecular weight is 214 g/mol. The van der Waals surface area contributed by atoms with Crippen molar-refractivity contribution in [2.75, 3.05) is 46.6 Å². The van der Waals surface area contributed by atoms with E-state index in [1.54, 1.807) is 0 Å². The van der Waals surface area contributed by atoms with Crippen molar-refractivity contribution < 1.29 is 4.74 Å². The topological polar surface area (TPSA) is 15.7 Å².